The molecule has 5 heteroatoms. The van der Waals surface area contributed by atoms with Crippen molar-refractivity contribution in [3.05, 3.63) is 16.9 Å². The third kappa shape index (κ3) is 2.09. The third-order valence-electron chi connectivity index (χ3n) is 3.05. The van der Waals surface area contributed by atoms with Gasteiger partial charge in [-0.05, 0) is 32.4 Å². The number of alkyl halides is 1. The van der Waals surface area contributed by atoms with Gasteiger partial charge in [0, 0.05) is 6.54 Å². The Kier molecular flexibility index (Phi) is 3.50. The van der Waals surface area contributed by atoms with Gasteiger partial charge in [0.1, 0.15) is 0 Å². The zero-order valence-corrected chi connectivity index (χ0v) is 10.2. The van der Waals surface area contributed by atoms with Gasteiger partial charge in [0.2, 0.25) is 0 Å². The van der Waals surface area contributed by atoms with E-state index < -0.39 is 5.67 Å². The molecule has 0 aromatic carbocycles. The first kappa shape index (κ1) is 11.9. The summed E-state index contributed by atoms with van der Waals surface area (Å²) in [5, 5.41) is 7.77. The largest absolute Gasteiger partial charge is 0.316 e. The van der Waals surface area contributed by atoms with E-state index in [4.69, 9.17) is 11.6 Å². The molecule has 1 aliphatic rings. The summed E-state index contributed by atoms with van der Waals surface area (Å²) in [4.78, 5) is 0. The maximum absolute atomic E-state index is 14.8. The lowest BCUT2D eigenvalue weighted by molar-refractivity contribution is 0.103. The molecule has 0 atom stereocenters. The molecule has 16 heavy (non-hydrogen) atoms. The monoisotopic (exact) mass is 245 g/mol. The number of nitrogens with one attached hydrogen (secondary N) is 1. The summed E-state index contributed by atoms with van der Waals surface area (Å²) in [6.07, 6.45) is 3.43. The van der Waals surface area contributed by atoms with Crippen molar-refractivity contribution in [1.29, 1.82) is 0 Å². The van der Waals surface area contributed by atoms with E-state index in [9.17, 15) is 4.39 Å². The van der Waals surface area contributed by atoms with Gasteiger partial charge < -0.3 is 5.32 Å². The van der Waals surface area contributed by atoms with Crippen molar-refractivity contribution >= 4 is 11.6 Å². The summed E-state index contributed by atoms with van der Waals surface area (Å²) in [6, 6.07) is 0. The molecule has 1 fully saturated rings. The van der Waals surface area contributed by atoms with Gasteiger partial charge in [-0.1, -0.05) is 18.5 Å². The Balaban J connectivity index is 2.33. The van der Waals surface area contributed by atoms with Gasteiger partial charge in [-0.25, -0.2) is 4.39 Å². The van der Waals surface area contributed by atoms with Gasteiger partial charge in [0.05, 0.1) is 16.9 Å². The highest BCUT2D eigenvalue weighted by atomic mass is 35.5. The predicted octanol–water partition coefficient (Wildman–Crippen LogP) is 2.49. The van der Waals surface area contributed by atoms with Crippen molar-refractivity contribution < 1.29 is 4.39 Å². The molecule has 1 aliphatic heterocycles. The minimum absolute atomic E-state index is 0.456. The highest BCUT2D eigenvalue weighted by molar-refractivity contribution is 6.31. The molecule has 0 amide bonds. The molecule has 3 nitrogen and oxygen atoms in total. The molecule has 1 aromatic rings. The predicted molar refractivity (Wildman–Crippen MR) is 62.4 cm³/mol. The van der Waals surface area contributed by atoms with Crippen molar-refractivity contribution in [2.45, 2.75) is 38.4 Å². The van der Waals surface area contributed by atoms with Crippen LogP contribution in [-0.2, 0) is 12.2 Å². The van der Waals surface area contributed by atoms with Gasteiger partial charge in [0.25, 0.3) is 0 Å². The van der Waals surface area contributed by atoms with Crippen molar-refractivity contribution in [3.8, 4) is 0 Å². The maximum atomic E-state index is 14.8. The van der Waals surface area contributed by atoms with E-state index in [2.05, 4.69) is 10.4 Å². The minimum atomic E-state index is -1.31. The van der Waals surface area contributed by atoms with Gasteiger partial charge in [0.15, 0.2) is 5.67 Å². The normalized spacial score (nSPS) is 19.9. The van der Waals surface area contributed by atoms with Crippen LogP contribution >= 0.6 is 11.6 Å². The molecule has 1 aromatic heterocycles. The lowest BCUT2D eigenvalue weighted by atomic mass is 9.91. The summed E-state index contributed by atoms with van der Waals surface area (Å²) in [5.74, 6) is 0. The first-order valence-corrected chi connectivity index (χ1v) is 6.16. The fraction of sp³-hybridized carbons (Fsp3) is 0.727. The topological polar surface area (TPSA) is 29.9 Å². The van der Waals surface area contributed by atoms with E-state index in [0.29, 0.717) is 36.6 Å². The molecule has 0 aliphatic carbocycles. The van der Waals surface area contributed by atoms with Gasteiger partial charge >= 0.3 is 0 Å². The molecule has 2 rings (SSSR count). The fourth-order valence-corrected chi connectivity index (χ4v) is 2.56. The van der Waals surface area contributed by atoms with E-state index in [-0.39, 0.29) is 0 Å². The number of aromatic nitrogens is 2. The number of rotatable bonds is 3. The molecule has 0 unspecified atom stereocenters. The first-order valence-electron chi connectivity index (χ1n) is 5.79. The van der Waals surface area contributed by atoms with Gasteiger partial charge in [-0.2, -0.15) is 5.10 Å². The fourth-order valence-electron chi connectivity index (χ4n) is 2.25. The number of aryl methyl sites for hydroxylation is 1. The lowest BCUT2D eigenvalue weighted by Gasteiger charge is -2.30. The second-order valence-electron chi connectivity index (χ2n) is 4.28. The summed E-state index contributed by atoms with van der Waals surface area (Å²) in [5.41, 5.74) is -0.744. The van der Waals surface area contributed by atoms with E-state index in [1.54, 1.807) is 10.9 Å². The SMILES string of the molecule is CCCn1ncc(Cl)c1C1(F)CCNCC1. The zero-order chi connectivity index (χ0) is 11.6. The molecule has 0 bridgehead atoms. The van der Waals surface area contributed by atoms with Crippen LogP contribution in [0.3, 0.4) is 0 Å². The van der Waals surface area contributed by atoms with Crippen molar-refractivity contribution in [1.82, 2.24) is 15.1 Å². The molecule has 90 valence electrons. The number of halogens is 2. The number of piperidine rings is 1. The summed E-state index contributed by atoms with van der Waals surface area (Å²) in [6.45, 7) is 4.17. The number of hydrogen-bond donors (Lipinski definition) is 1. The molecule has 0 saturated carbocycles. The smallest absolute Gasteiger partial charge is 0.156 e. The standard InChI is InChI=1S/C11H17ClFN3/c1-2-7-16-10(9(12)8-15-16)11(13)3-5-14-6-4-11/h8,14H,2-7H2,1H3. The first-order chi connectivity index (χ1) is 7.67. The quantitative estimate of drug-likeness (QED) is 0.887. The Morgan fingerprint density at radius 3 is 2.88 bits per heavy atom. The van der Waals surface area contributed by atoms with Crippen LogP contribution in [0.4, 0.5) is 4.39 Å². The van der Waals surface area contributed by atoms with Crippen LogP contribution in [0.25, 0.3) is 0 Å². The van der Waals surface area contributed by atoms with Crippen LogP contribution in [0.15, 0.2) is 6.20 Å². The van der Waals surface area contributed by atoms with Crippen LogP contribution in [0.1, 0.15) is 31.9 Å². The molecule has 0 radical (unpaired) electrons. The Bertz CT molecular complexity index is 358. The van der Waals surface area contributed by atoms with Gasteiger partial charge in [-0.15, -0.1) is 0 Å². The Hall–Kier alpha value is -0.610. The van der Waals surface area contributed by atoms with E-state index in [1.165, 1.54) is 0 Å². The van der Waals surface area contributed by atoms with Crippen LogP contribution in [0, 0.1) is 0 Å². The minimum Gasteiger partial charge on any atom is -0.316 e. The molecular formula is C11H17ClFN3. The van der Waals surface area contributed by atoms with Crippen molar-refractivity contribution in [2.75, 3.05) is 13.1 Å². The Morgan fingerprint density at radius 2 is 2.25 bits per heavy atom. The van der Waals surface area contributed by atoms with Crippen LogP contribution in [0.5, 0.6) is 0 Å². The van der Waals surface area contributed by atoms with E-state index in [1.807, 2.05) is 6.92 Å². The van der Waals surface area contributed by atoms with Crippen LogP contribution in [0.2, 0.25) is 5.02 Å². The highest BCUT2D eigenvalue weighted by Gasteiger charge is 2.38. The van der Waals surface area contributed by atoms with Crippen LogP contribution < -0.4 is 5.32 Å². The van der Waals surface area contributed by atoms with Crippen molar-refractivity contribution in [2.24, 2.45) is 0 Å². The van der Waals surface area contributed by atoms with Crippen molar-refractivity contribution in [3.63, 3.8) is 0 Å². The second kappa shape index (κ2) is 4.72. The average molecular weight is 246 g/mol. The third-order valence-corrected chi connectivity index (χ3v) is 3.33. The average Bonchev–Trinajstić information content (AvgIpc) is 2.62. The Labute approximate surface area is 100.0 Å². The molecule has 0 spiro atoms. The summed E-state index contributed by atoms with van der Waals surface area (Å²) in [7, 11) is 0. The summed E-state index contributed by atoms with van der Waals surface area (Å²) < 4.78 is 16.5. The van der Waals surface area contributed by atoms with Crippen LogP contribution in [-0.4, -0.2) is 22.9 Å². The number of hydrogen-bond acceptors (Lipinski definition) is 2. The van der Waals surface area contributed by atoms with E-state index in [0.717, 1.165) is 13.0 Å². The van der Waals surface area contributed by atoms with Gasteiger partial charge in [-0.3, -0.25) is 4.68 Å². The highest BCUT2D eigenvalue weighted by Crippen LogP contribution is 2.38. The molecular weight excluding hydrogens is 229 g/mol. The lowest BCUT2D eigenvalue weighted by Crippen LogP contribution is -2.38. The molecule has 1 saturated heterocycles. The second-order valence-corrected chi connectivity index (χ2v) is 4.69. The zero-order valence-electron chi connectivity index (χ0n) is 9.47. The Morgan fingerprint density at radius 1 is 1.56 bits per heavy atom. The van der Waals surface area contributed by atoms with E-state index >= 15 is 0 Å². The molecule has 2 heterocycles. The summed E-state index contributed by atoms with van der Waals surface area (Å²) >= 11 is 6.06. The number of nitrogens with zero attached hydrogens (tertiary/aromatic N) is 2. The molecule has 1 N–H and O–H groups in total. The maximum Gasteiger partial charge on any atom is 0.156 e.